The number of ether oxygens (including phenoxy) is 2. The van der Waals surface area contributed by atoms with Gasteiger partial charge in [0.05, 0.1) is 24.3 Å². The summed E-state index contributed by atoms with van der Waals surface area (Å²) in [5.74, 6) is -0.455. The normalized spacial score (nSPS) is 22.3. The monoisotopic (exact) mass is 684 g/mol. The van der Waals surface area contributed by atoms with Crippen LogP contribution in [-0.2, 0) is 33.2 Å². The van der Waals surface area contributed by atoms with E-state index < -0.39 is 53.5 Å². The van der Waals surface area contributed by atoms with Crippen LogP contribution in [0.1, 0.15) is 73.6 Å². The fourth-order valence-corrected chi connectivity index (χ4v) is 6.79. The lowest BCUT2D eigenvalue weighted by molar-refractivity contribution is -0.155. The van der Waals surface area contributed by atoms with E-state index in [2.05, 4.69) is 15.1 Å². The van der Waals surface area contributed by atoms with E-state index in [9.17, 15) is 35.9 Å². The minimum atomic E-state index is -5.02. The predicted molar refractivity (Wildman–Crippen MR) is 162 cm³/mol. The summed E-state index contributed by atoms with van der Waals surface area (Å²) in [5, 5.41) is 5.96. The lowest BCUT2D eigenvalue weighted by atomic mass is 9.87. The van der Waals surface area contributed by atoms with Crippen LogP contribution < -0.4 is 4.90 Å². The molecule has 2 fully saturated rings. The molecule has 3 aliphatic rings. The van der Waals surface area contributed by atoms with E-state index in [0.29, 0.717) is 44.4 Å². The quantitative estimate of drug-likeness (QED) is 0.226. The van der Waals surface area contributed by atoms with Crippen LogP contribution in [0, 0.1) is 5.41 Å². The van der Waals surface area contributed by atoms with Gasteiger partial charge in [0.2, 0.25) is 5.95 Å². The molecule has 2 aliphatic heterocycles. The molecule has 0 N–H and O–H groups in total. The highest BCUT2D eigenvalue weighted by atomic mass is 19.4. The molecular formula is C32H38F6N6O4. The Morgan fingerprint density at radius 3 is 2.15 bits per heavy atom. The van der Waals surface area contributed by atoms with Crippen LogP contribution in [0.3, 0.4) is 0 Å². The summed E-state index contributed by atoms with van der Waals surface area (Å²) >= 11 is 0. The molecule has 3 heterocycles. The highest BCUT2D eigenvalue weighted by molar-refractivity contribution is 5.78. The van der Waals surface area contributed by atoms with Crippen molar-refractivity contribution in [1.82, 2.24) is 19.9 Å². The van der Waals surface area contributed by atoms with Gasteiger partial charge in [0.15, 0.2) is 0 Å². The molecule has 3 atom stereocenters. The molecule has 1 aromatic carbocycles. The maximum absolute atomic E-state index is 13.7. The molecule has 0 radical (unpaired) electrons. The molecule has 1 aliphatic carbocycles. The zero-order valence-electron chi connectivity index (χ0n) is 26.9. The van der Waals surface area contributed by atoms with Gasteiger partial charge in [-0.15, -0.1) is 0 Å². The number of carbonyl (C=O) groups is 2. The number of esters is 1. The van der Waals surface area contributed by atoms with E-state index >= 15 is 0 Å². The number of carbonyl (C=O) groups excluding carboxylic acids is 2. The Balaban J connectivity index is 1.44. The van der Waals surface area contributed by atoms with Crippen molar-refractivity contribution in [1.29, 1.82) is 0 Å². The molecule has 2 aromatic rings. The molecule has 16 heteroatoms. The van der Waals surface area contributed by atoms with Gasteiger partial charge in [-0.1, -0.05) is 19.8 Å². The molecule has 48 heavy (non-hydrogen) atoms. The zero-order chi connectivity index (χ0) is 34.9. The fraction of sp³-hybridized carbons (Fsp3) is 0.594. The first kappa shape index (κ1) is 35.2. The van der Waals surface area contributed by atoms with Crippen molar-refractivity contribution >= 4 is 24.2 Å². The lowest BCUT2D eigenvalue weighted by Crippen LogP contribution is -2.42. The Kier molecular flexibility index (Phi) is 10.1. The summed E-state index contributed by atoms with van der Waals surface area (Å²) < 4.78 is 93.1. The van der Waals surface area contributed by atoms with Gasteiger partial charge in [-0.25, -0.2) is 14.8 Å². The molecule has 0 bridgehead atoms. The minimum Gasteiger partial charge on any atom is -0.468 e. The van der Waals surface area contributed by atoms with Crippen molar-refractivity contribution in [2.45, 2.75) is 82.3 Å². The van der Waals surface area contributed by atoms with E-state index in [0.717, 1.165) is 18.4 Å². The number of likely N-dealkylation sites (N-methyl/N-ethyl adjacent to an activating group) is 1. The van der Waals surface area contributed by atoms with Crippen LogP contribution in [0.2, 0.25) is 0 Å². The summed E-state index contributed by atoms with van der Waals surface area (Å²) in [5.41, 5.74) is -3.29. The number of nitrogens with zero attached hydrogens (tertiary/aromatic N) is 6. The van der Waals surface area contributed by atoms with Crippen molar-refractivity contribution in [2.75, 3.05) is 38.8 Å². The number of likely N-dealkylation sites (tertiary alicyclic amines) is 1. The van der Waals surface area contributed by atoms with Gasteiger partial charge in [-0.05, 0) is 55.0 Å². The Morgan fingerprint density at radius 1 is 1.00 bits per heavy atom. The number of hydrogen-bond donors (Lipinski definition) is 0. The number of aromatic nitrogens is 2. The number of anilines is 1. The van der Waals surface area contributed by atoms with Crippen LogP contribution in [-0.4, -0.2) is 84.1 Å². The second-order valence-corrected chi connectivity index (χ2v) is 12.7. The Morgan fingerprint density at radius 2 is 1.62 bits per heavy atom. The summed E-state index contributed by atoms with van der Waals surface area (Å²) in [6.07, 6.45) is -2.40. The predicted octanol–water partition coefficient (Wildman–Crippen LogP) is 6.26. The number of hydrogen-bond acceptors (Lipinski definition) is 9. The van der Waals surface area contributed by atoms with E-state index in [1.165, 1.54) is 16.9 Å². The first-order chi connectivity index (χ1) is 22.6. The minimum absolute atomic E-state index is 0.0405. The van der Waals surface area contributed by atoms with Crippen molar-refractivity contribution < 1.29 is 45.4 Å². The highest BCUT2D eigenvalue weighted by Crippen LogP contribution is 2.41. The maximum atomic E-state index is 13.7. The molecule has 1 amide bonds. The maximum Gasteiger partial charge on any atom is 0.416 e. The molecule has 262 valence electrons. The first-order valence-corrected chi connectivity index (χ1v) is 15.8. The molecular weight excluding hydrogens is 646 g/mol. The van der Waals surface area contributed by atoms with Gasteiger partial charge in [0.25, 0.3) is 0 Å². The molecule has 0 spiro atoms. The number of hydrazone groups is 1. The van der Waals surface area contributed by atoms with Crippen LogP contribution >= 0.6 is 0 Å². The highest BCUT2D eigenvalue weighted by Gasteiger charge is 2.45. The first-order valence-electron chi connectivity index (χ1n) is 15.8. The second kappa shape index (κ2) is 13.8. The van der Waals surface area contributed by atoms with E-state index in [4.69, 9.17) is 9.47 Å². The number of alkyl halides is 6. The number of methoxy groups -OCH3 is 1. The third-order valence-corrected chi connectivity index (χ3v) is 9.44. The van der Waals surface area contributed by atoms with Crippen molar-refractivity contribution in [2.24, 2.45) is 10.5 Å². The Hall–Kier alpha value is -4.11. The number of amides is 1. The summed E-state index contributed by atoms with van der Waals surface area (Å²) in [7, 11) is 3.09. The van der Waals surface area contributed by atoms with Gasteiger partial charge in [0.1, 0.15) is 12.0 Å². The van der Waals surface area contributed by atoms with E-state index in [1.54, 1.807) is 23.6 Å². The molecule has 10 nitrogen and oxygen atoms in total. The summed E-state index contributed by atoms with van der Waals surface area (Å²) in [6, 6.07) is 0.517. The van der Waals surface area contributed by atoms with E-state index in [-0.39, 0.29) is 42.7 Å². The van der Waals surface area contributed by atoms with Crippen molar-refractivity contribution in [3.05, 3.63) is 52.8 Å². The standard InChI is InChI=1S/C32H38F6N6O4/c1-4-25-12-26(18-44(25)29(46)48-19-30(27(45)47-3)7-5-6-8-30)43(28-39-13-21(14-40-28)22-15-41-42(2)17-22)16-20-9-23(31(33,34)35)11-24(10-20)32(36,37)38/h9-11,13-15,22,25-26H,4-8,12,16-19H2,1-3H3/t22?,25-,26+/m1/s1. The van der Waals surface area contributed by atoms with Crippen LogP contribution in [0.4, 0.5) is 37.1 Å². The number of halogens is 6. The SMILES string of the molecule is CC[C@@H]1C[C@H](N(Cc2cc(C(F)(F)F)cc(C(F)(F)F)c2)c2ncc(C3C=NN(C)C3)cn2)CN1C(=O)OCC1(C(=O)OC)CCCC1. The Bertz CT molecular complexity index is 1460. The summed E-state index contributed by atoms with van der Waals surface area (Å²) in [6.45, 7) is 1.94. The molecule has 1 unspecified atom stereocenters. The zero-order valence-corrected chi connectivity index (χ0v) is 26.9. The van der Waals surface area contributed by atoms with Gasteiger partial charge in [-0.2, -0.15) is 31.4 Å². The van der Waals surface area contributed by atoms with Gasteiger partial charge >= 0.3 is 24.4 Å². The van der Waals surface area contributed by atoms with Gasteiger partial charge in [0, 0.05) is 57.2 Å². The molecule has 1 aromatic heterocycles. The lowest BCUT2D eigenvalue weighted by Gasteiger charge is -2.30. The van der Waals surface area contributed by atoms with Gasteiger partial charge in [-0.3, -0.25) is 9.80 Å². The third-order valence-electron chi connectivity index (χ3n) is 9.44. The van der Waals surface area contributed by atoms with Gasteiger partial charge < -0.3 is 19.3 Å². The van der Waals surface area contributed by atoms with Crippen LogP contribution in [0.5, 0.6) is 0 Å². The number of rotatable bonds is 9. The smallest absolute Gasteiger partial charge is 0.416 e. The third kappa shape index (κ3) is 7.62. The van der Waals surface area contributed by atoms with Crippen LogP contribution in [0.25, 0.3) is 0 Å². The Labute approximate surface area is 274 Å². The summed E-state index contributed by atoms with van der Waals surface area (Å²) in [4.78, 5) is 38.0. The topological polar surface area (TPSA) is 100 Å². The molecule has 1 saturated carbocycles. The average Bonchev–Trinajstić information content (AvgIpc) is 3.82. The number of benzene rings is 1. The van der Waals surface area contributed by atoms with Crippen molar-refractivity contribution in [3.63, 3.8) is 0 Å². The average molecular weight is 685 g/mol. The van der Waals surface area contributed by atoms with E-state index in [1.807, 2.05) is 14.0 Å². The molecule has 5 rings (SSSR count). The molecule has 1 saturated heterocycles. The van der Waals surface area contributed by atoms with Crippen molar-refractivity contribution in [3.8, 4) is 0 Å². The van der Waals surface area contributed by atoms with Crippen LogP contribution in [0.15, 0.2) is 35.7 Å². The fourth-order valence-electron chi connectivity index (χ4n) is 6.79. The second-order valence-electron chi connectivity index (χ2n) is 12.7. The largest absolute Gasteiger partial charge is 0.468 e.